The van der Waals surface area contributed by atoms with Crippen LogP contribution in [0.3, 0.4) is 0 Å². The summed E-state index contributed by atoms with van der Waals surface area (Å²) in [6.07, 6.45) is 3.96. The van der Waals surface area contributed by atoms with Gasteiger partial charge in [0.1, 0.15) is 5.71 Å². The van der Waals surface area contributed by atoms with Crippen molar-refractivity contribution in [2.75, 3.05) is 0 Å². The van der Waals surface area contributed by atoms with Crippen LogP contribution in [0.5, 0.6) is 0 Å². The largest absolute Gasteiger partial charge is 0.364 e. The number of carbonyl (C=O) groups excluding carboxylic acids is 1. The predicted octanol–water partition coefficient (Wildman–Crippen LogP) is 0.132. The second-order valence-corrected chi connectivity index (χ2v) is 4.11. The number of carbonyl (C=O) groups is 1. The molecule has 16 heavy (non-hydrogen) atoms. The molecule has 5 nitrogen and oxygen atoms in total. The lowest BCUT2D eigenvalue weighted by atomic mass is 9.85. The van der Waals surface area contributed by atoms with Crippen molar-refractivity contribution in [1.29, 1.82) is 0 Å². The molecule has 2 atom stereocenters. The smallest absolute Gasteiger partial charge is 0.267 e. The average molecular weight is 218 g/mol. The second kappa shape index (κ2) is 3.68. The minimum Gasteiger partial charge on any atom is -0.364 e. The van der Waals surface area contributed by atoms with Crippen LogP contribution in [-0.4, -0.2) is 23.4 Å². The lowest BCUT2D eigenvalue weighted by molar-refractivity contribution is -0.112. The van der Waals surface area contributed by atoms with E-state index in [0.717, 1.165) is 11.3 Å². The van der Waals surface area contributed by atoms with Crippen LogP contribution in [0.2, 0.25) is 0 Å². The predicted molar refractivity (Wildman–Crippen MR) is 63.0 cm³/mol. The summed E-state index contributed by atoms with van der Waals surface area (Å²) in [4.78, 5) is 11.1. The van der Waals surface area contributed by atoms with Gasteiger partial charge in [-0.2, -0.15) is 5.10 Å². The minimum absolute atomic E-state index is 0.121. The fourth-order valence-corrected chi connectivity index (χ4v) is 1.79. The van der Waals surface area contributed by atoms with E-state index in [2.05, 4.69) is 17.1 Å². The van der Waals surface area contributed by atoms with E-state index < -0.39 is 11.9 Å². The van der Waals surface area contributed by atoms with Crippen LogP contribution in [0.1, 0.15) is 13.8 Å². The van der Waals surface area contributed by atoms with Crippen LogP contribution in [-0.2, 0) is 4.79 Å². The maximum Gasteiger partial charge on any atom is 0.267 e. The highest BCUT2D eigenvalue weighted by atomic mass is 16.1. The molecule has 84 valence electrons. The molecule has 2 unspecified atom stereocenters. The van der Waals surface area contributed by atoms with Crippen molar-refractivity contribution >= 4 is 17.3 Å². The summed E-state index contributed by atoms with van der Waals surface area (Å²) in [6.45, 7) is 4.09. The Kier molecular flexibility index (Phi) is 2.47. The van der Waals surface area contributed by atoms with E-state index in [4.69, 9.17) is 11.5 Å². The quantitative estimate of drug-likeness (QED) is 0.654. The van der Waals surface area contributed by atoms with Crippen molar-refractivity contribution in [3.8, 4) is 0 Å². The summed E-state index contributed by atoms with van der Waals surface area (Å²) in [6, 6.07) is -0.559. The zero-order valence-electron chi connectivity index (χ0n) is 9.27. The Balaban J connectivity index is 2.47. The molecule has 0 fully saturated rings. The SMILES string of the molecule is CC1=CC2=NN=C(C(N)=O)C(N)C2=CC1C. The van der Waals surface area contributed by atoms with Gasteiger partial charge in [0.05, 0.1) is 11.8 Å². The zero-order valence-corrected chi connectivity index (χ0v) is 9.27. The van der Waals surface area contributed by atoms with Gasteiger partial charge in [0, 0.05) is 0 Å². The first-order chi connectivity index (χ1) is 7.50. The minimum atomic E-state index is -0.616. The number of allylic oxidation sites excluding steroid dienone is 3. The number of amides is 1. The molecule has 2 rings (SSSR count). The number of hydrogen-bond donors (Lipinski definition) is 2. The van der Waals surface area contributed by atoms with Crippen LogP contribution >= 0.6 is 0 Å². The molecule has 1 heterocycles. The lowest BCUT2D eigenvalue weighted by Gasteiger charge is -2.25. The van der Waals surface area contributed by atoms with E-state index >= 15 is 0 Å². The fourth-order valence-electron chi connectivity index (χ4n) is 1.79. The first-order valence-electron chi connectivity index (χ1n) is 5.12. The van der Waals surface area contributed by atoms with Gasteiger partial charge < -0.3 is 11.5 Å². The van der Waals surface area contributed by atoms with Crippen molar-refractivity contribution < 1.29 is 4.79 Å². The molecule has 0 spiro atoms. The molecule has 0 saturated heterocycles. The molecule has 2 aliphatic rings. The Labute approximate surface area is 93.6 Å². The topological polar surface area (TPSA) is 93.8 Å². The van der Waals surface area contributed by atoms with Crippen molar-refractivity contribution in [2.24, 2.45) is 27.6 Å². The van der Waals surface area contributed by atoms with Gasteiger partial charge >= 0.3 is 0 Å². The Morgan fingerprint density at radius 1 is 1.44 bits per heavy atom. The normalized spacial score (nSPS) is 28.4. The van der Waals surface area contributed by atoms with E-state index in [9.17, 15) is 4.79 Å². The standard InChI is InChI=1S/C11H14N4O/c1-5-3-7-8(4-6(5)2)14-15-10(9(7)12)11(13)16/h3-5,9H,12H2,1-2H3,(H2,13,16). The van der Waals surface area contributed by atoms with Crippen LogP contribution in [0.25, 0.3) is 0 Å². The summed E-state index contributed by atoms with van der Waals surface area (Å²) in [5, 5.41) is 7.74. The molecule has 1 aliphatic carbocycles. The van der Waals surface area contributed by atoms with Gasteiger partial charge in [0.25, 0.3) is 5.91 Å². The molecular weight excluding hydrogens is 204 g/mol. The first-order valence-corrected chi connectivity index (χ1v) is 5.12. The molecule has 0 aromatic heterocycles. The summed E-state index contributed by atoms with van der Waals surface area (Å²) in [5.41, 5.74) is 14.0. The molecule has 0 bridgehead atoms. The third kappa shape index (κ3) is 1.59. The molecular formula is C11H14N4O. The molecule has 0 aromatic rings. The Morgan fingerprint density at radius 3 is 2.75 bits per heavy atom. The molecule has 0 aromatic carbocycles. The number of hydrogen-bond acceptors (Lipinski definition) is 4. The lowest BCUT2D eigenvalue weighted by Crippen LogP contribution is -2.45. The molecule has 5 heteroatoms. The van der Waals surface area contributed by atoms with Gasteiger partial charge in [0.2, 0.25) is 0 Å². The van der Waals surface area contributed by atoms with Crippen molar-refractivity contribution in [3.05, 3.63) is 23.3 Å². The van der Waals surface area contributed by atoms with Crippen molar-refractivity contribution in [3.63, 3.8) is 0 Å². The van der Waals surface area contributed by atoms with E-state index in [1.54, 1.807) is 0 Å². The Hall–Kier alpha value is -1.75. The number of primary amides is 1. The van der Waals surface area contributed by atoms with Crippen molar-refractivity contribution in [1.82, 2.24) is 0 Å². The van der Waals surface area contributed by atoms with E-state index in [1.807, 2.05) is 19.1 Å². The van der Waals surface area contributed by atoms with Crippen LogP contribution in [0, 0.1) is 5.92 Å². The van der Waals surface area contributed by atoms with Crippen molar-refractivity contribution in [2.45, 2.75) is 19.9 Å². The molecule has 1 amide bonds. The third-order valence-corrected chi connectivity index (χ3v) is 2.96. The Morgan fingerprint density at radius 2 is 2.12 bits per heavy atom. The van der Waals surface area contributed by atoms with Crippen LogP contribution in [0.15, 0.2) is 33.5 Å². The van der Waals surface area contributed by atoms with E-state index in [1.165, 1.54) is 5.57 Å². The Bertz CT molecular complexity index is 470. The molecule has 4 N–H and O–H groups in total. The maximum absolute atomic E-state index is 11.1. The number of nitrogens with zero attached hydrogens (tertiary/aromatic N) is 2. The van der Waals surface area contributed by atoms with Gasteiger partial charge in [-0.05, 0) is 24.5 Å². The summed E-state index contributed by atoms with van der Waals surface area (Å²) < 4.78 is 0. The fraction of sp³-hybridized carbons (Fsp3) is 0.364. The molecule has 0 radical (unpaired) electrons. The monoisotopic (exact) mass is 218 g/mol. The number of nitrogens with two attached hydrogens (primary N) is 2. The summed E-state index contributed by atoms with van der Waals surface area (Å²) in [7, 11) is 0. The summed E-state index contributed by atoms with van der Waals surface area (Å²) in [5.74, 6) is -0.317. The highest BCUT2D eigenvalue weighted by molar-refractivity contribution is 6.43. The van der Waals surface area contributed by atoms with Gasteiger partial charge in [-0.25, -0.2) is 0 Å². The average Bonchev–Trinajstić information content (AvgIpc) is 2.21. The van der Waals surface area contributed by atoms with Crippen LogP contribution < -0.4 is 11.5 Å². The third-order valence-electron chi connectivity index (χ3n) is 2.96. The highest BCUT2D eigenvalue weighted by Gasteiger charge is 2.29. The van der Waals surface area contributed by atoms with Crippen LogP contribution in [0.4, 0.5) is 0 Å². The number of rotatable bonds is 1. The maximum atomic E-state index is 11.1. The zero-order chi connectivity index (χ0) is 11.9. The molecule has 1 aliphatic heterocycles. The van der Waals surface area contributed by atoms with Gasteiger partial charge in [-0.1, -0.05) is 18.6 Å². The van der Waals surface area contributed by atoms with Gasteiger partial charge in [-0.15, -0.1) is 5.10 Å². The number of fused-ring (bicyclic) bond motifs is 1. The van der Waals surface area contributed by atoms with Gasteiger partial charge in [-0.3, -0.25) is 4.79 Å². The van der Waals surface area contributed by atoms with E-state index in [-0.39, 0.29) is 5.71 Å². The molecule has 0 saturated carbocycles. The summed E-state index contributed by atoms with van der Waals surface area (Å²) >= 11 is 0. The second-order valence-electron chi connectivity index (χ2n) is 4.11. The van der Waals surface area contributed by atoms with E-state index in [0.29, 0.717) is 5.92 Å². The highest BCUT2D eigenvalue weighted by Crippen LogP contribution is 2.25. The van der Waals surface area contributed by atoms with Gasteiger partial charge in [0.15, 0.2) is 0 Å². The first kappa shape index (κ1) is 10.8.